The van der Waals surface area contributed by atoms with Crippen LogP contribution in [-0.4, -0.2) is 5.97 Å². The SMILES string of the molecule is O=C(Oc1ccc2c3c(c(=O)oc2c1)CCCC3)C(c1ccccc1)c1ccccc1. The summed E-state index contributed by atoms with van der Waals surface area (Å²) in [6, 6.07) is 24.5. The minimum atomic E-state index is -0.548. The second-order valence-corrected chi connectivity index (χ2v) is 7.89. The fourth-order valence-electron chi connectivity index (χ4n) is 4.42. The molecule has 31 heavy (non-hydrogen) atoms. The van der Waals surface area contributed by atoms with Crippen molar-refractivity contribution in [1.29, 1.82) is 0 Å². The molecule has 0 amide bonds. The predicted octanol–water partition coefficient (Wildman–Crippen LogP) is 5.41. The third kappa shape index (κ3) is 3.77. The van der Waals surface area contributed by atoms with E-state index in [0.717, 1.165) is 53.3 Å². The average Bonchev–Trinajstić information content (AvgIpc) is 2.81. The van der Waals surface area contributed by atoms with Crippen LogP contribution in [0.1, 0.15) is 41.0 Å². The first kappa shape index (κ1) is 19.3. The second kappa shape index (κ2) is 8.23. The Morgan fingerprint density at radius 1 is 0.806 bits per heavy atom. The molecule has 1 aliphatic rings. The van der Waals surface area contributed by atoms with E-state index in [9.17, 15) is 9.59 Å². The van der Waals surface area contributed by atoms with E-state index in [-0.39, 0.29) is 11.6 Å². The van der Waals surface area contributed by atoms with Gasteiger partial charge in [-0.05, 0) is 54.5 Å². The number of benzene rings is 3. The number of hydrogen-bond donors (Lipinski definition) is 0. The molecule has 0 saturated heterocycles. The summed E-state index contributed by atoms with van der Waals surface area (Å²) in [6.45, 7) is 0. The molecule has 0 bridgehead atoms. The molecule has 1 heterocycles. The zero-order valence-corrected chi connectivity index (χ0v) is 17.0. The van der Waals surface area contributed by atoms with Crippen LogP contribution in [0, 0.1) is 0 Å². The second-order valence-electron chi connectivity index (χ2n) is 7.89. The van der Waals surface area contributed by atoms with Crippen molar-refractivity contribution in [3.63, 3.8) is 0 Å². The highest BCUT2D eigenvalue weighted by Gasteiger charge is 2.25. The number of esters is 1. The molecular formula is C27H22O4. The van der Waals surface area contributed by atoms with Crippen molar-refractivity contribution in [2.24, 2.45) is 0 Å². The van der Waals surface area contributed by atoms with Gasteiger partial charge in [-0.15, -0.1) is 0 Å². The van der Waals surface area contributed by atoms with Crippen molar-refractivity contribution in [3.05, 3.63) is 112 Å². The molecule has 0 atom stereocenters. The third-order valence-electron chi connectivity index (χ3n) is 5.92. The molecule has 0 saturated carbocycles. The Morgan fingerprint density at radius 2 is 1.42 bits per heavy atom. The van der Waals surface area contributed by atoms with Gasteiger partial charge in [0.05, 0.1) is 0 Å². The van der Waals surface area contributed by atoms with E-state index < -0.39 is 5.92 Å². The summed E-state index contributed by atoms with van der Waals surface area (Å²) < 4.78 is 11.3. The maximum atomic E-state index is 13.2. The van der Waals surface area contributed by atoms with Crippen molar-refractivity contribution >= 4 is 16.9 Å². The van der Waals surface area contributed by atoms with Crippen LogP contribution in [0.2, 0.25) is 0 Å². The van der Waals surface area contributed by atoms with E-state index in [0.29, 0.717) is 11.3 Å². The molecule has 4 heteroatoms. The zero-order chi connectivity index (χ0) is 21.2. The fraction of sp³-hybridized carbons (Fsp3) is 0.185. The number of aryl methyl sites for hydroxylation is 1. The molecule has 0 unspecified atom stereocenters. The van der Waals surface area contributed by atoms with E-state index in [1.165, 1.54) is 0 Å². The van der Waals surface area contributed by atoms with Gasteiger partial charge in [0.25, 0.3) is 0 Å². The highest BCUT2D eigenvalue weighted by atomic mass is 16.5. The van der Waals surface area contributed by atoms with Gasteiger partial charge in [0.15, 0.2) is 0 Å². The topological polar surface area (TPSA) is 56.5 Å². The lowest BCUT2D eigenvalue weighted by Crippen LogP contribution is -2.20. The van der Waals surface area contributed by atoms with Crippen LogP contribution >= 0.6 is 0 Å². The Bertz CT molecular complexity index is 1250. The number of carbonyl (C=O) groups is 1. The molecule has 154 valence electrons. The van der Waals surface area contributed by atoms with Crippen LogP contribution in [0.25, 0.3) is 11.0 Å². The van der Waals surface area contributed by atoms with E-state index in [1.54, 1.807) is 12.1 Å². The highest BCUT2D eigenvalue weighted by Crippen LogP contribution is 2.31. The van der Waals surface area contributed by atoms with Crippen molar-refractivity contribution in [2.45, 2.75) is 31.6 Å². The molecule has 4 aromatic rings. The molecule has 5 rings (SSSR count). The average molecular weight is 410 g/mol. The van der Waals surface area contributed by atoms with Gasteiger partial charge in [-0.25, -0.2) is 4.79 Å². The largest absolute Gasteiger partial charge is 0.426 e. The predicted molar refractivity (Wildman–Crippen MR) is 119 cm³/mol. The molecule has 1 aliphatic carbocycles. The highest BCUT2D eigenvalue weighted by molar-refractivity contribution is 5.86. The minimum Gasteiger partial charge on any atom is -0.426 e. The fourth-order valence-corrected chi connectivity index (χ4v) is 4.42. The van der Waals surface area contributed by atoms with E-state index in [4.69, 9.17) is 9.15 Å². The van der Waals surface area contributed by atoms with Gasteiger partial charge in [0.1, 0.15) is 17.3 Å². The van der Waals surface area contributed by atoms with Crippen LogP contribution in [0.4, 0.5) is 0 Å². The number of rotatable bonds is 4. The lowest BCUT2D eigenvalue weighted by molar-refractivity contribution is -0.135. The van der Waals surface area contributed by atoms with Crippen LogP contribution in [0.5, 0.6) is 5.75 Å². The van der Waals surface area contributed by atoms with Crippen molar-refractivity contribution in [1.82, 2.24) is 0 Å². The maximum Gasteiger partial charge on any atom is 0.339 e. The van der Waals surface area contributed by atoms with Crippen LogP contribution in [0.15, 0.2) is 88.1 Å². The van der Waals surface area contributed by atoms with Crippen molar-refractivity contribution in [3.8, 4) is 5.75 Å². The smallest absolute Gasteiger partial charge is 0.339 e. The Morgan fingerprint density at radius 3 is 2.06 bits per heavy atom. The monoisotopic (exact) mass is 410 g/mol. The number of fused-ring (bicyclic) bond motifs is 3. The molecule has 1 aromatic heterocycles. The maximum absolute atomic E-state index is 13.2. The van der Waals surface area contributed by atoms with Crippen molar-refractivity contribution < 1.29 is 13.9 Å². The first-order valence-corrected chi connectivity index (χ1v) is 10.6. The molecular weight excluding hydrogens is 388 g/mol. The van der Waals surface area contributed by atoms with Crippen LogP contribution in [-0.2, 0) is 17.6 Å². The summed E-state index contributed by atoms with van der Waals surface area (Å²) in [5.41, 5.74) is 3.77. The summed E-state index contributed by atoms with van der Waals surface area (Å²) in [5, 5.41) is 0.928. The Labute approximate surface area is 180 Å². The van der Waals surface area contributed by atoms with Gasteiger partial charge in [0, 0.05) is 17.0 Å². The lowest BCUT2D eigenvalue weighted by atomic mass is 9.90. The van der Waals surface area contributed by atoms with Crippen molar-refractivity contribution in [2.75, 3.05) is 0 Å². The summed E-state index contributed by atoms with van der Waals surface area (Å²) in [4.78, 5) is 25.6. The molecule has 3 aromatic carbocycles. The Hall–Kier alpha value is -3.66. The molecule has 0 N–H and O–H groups in total. The zero-order valence-electron chi connectivity index (χ0n) is 17.0. The molecule has 4 nitrogen and oxygen atoms in total. The first-order valence-electron chi connectivity index (χ1n) is 10.6. The number of carbonyl (C=O) groups excluding carboxylic acids is 1. The normalized spacial score (nSPS) is 13.2. The van der Waals surface area contributed by atoms with Gasteiger partial charge < -0.3 is 9.15 Å². The summed E-state index contributed by atoms with van der Waals surface area (Å²) in [5.74, 6) is -0.557. The molecule has 0 fully saturated rings. The Kier molecular flexibility index (Phi) is 5.13. The standard InChI is InChI=1S/C27H22O4/c28-26-23-14-8-7-13-21(23)22-16-15-20(17-24(22)31-26)30-27(29)25(18-9-3-1-4-10-18)19-11-5-2-6-12-19/h1-6,9-12,15-17,25H,7-8,13-14H2. The van der Waals surface area contributed by atoms with Gasteiger partial charge in [-0.1, -0.05) is 60.7 Å². The molecule has 0 spiro atoms. The molecule has 0 aliphatic heterocycles. The third-order valence-corrected chi connectivity index (χ3v) is 5.92. The number of hydrogen-bond acceptors (Lipinski definition) is 4. The van der Waals surface area contributed by atoms with Gasteiger partial charge in [-0.2, -0.15) is 0 Å². The molecule has 0 radical (unpaired) electrons. The van der Waals surface area contributed by atoms with Crippen LogP contribution < -0.4 is 10.4 Å². The lowest BCUT2D eigenvalue weighted by Gasteiger charge is -2.18. The minimum absolute atomic E-state index is 0.280. The van der Waals surface area contributed by atoms with Gasteiger partial charge >= 0.3 is 11.6 Å². The first-order chi connectivity index (χ1) is 15.2. The quantitative estimate of drug-likeness (QED) is 0.256. The van der Waals surface area contributed by atoms with E-state index in [1.807, 2.05) is 66.7 Å². The van der Waals surface area contributed by atoms with Crippen LogP contribution in [0.3, 0.4) is 0 Å². The van der Waals surface area contributed by atoms with Gasteiger partial charge in [-0.3, -0.25) is 4.79 Å². The number of ether oxygens (including phenoxy) is 1. The Balaban J connectivity index is 1.50. The summed E-state index contributed by atoms with van der Waals surface area (Å²) >= 11 is 0. The van der Waals surface area contributed by atoms with Gasteiger partial charge in [0.2, 0.25) is 0 Å². The summed E-state index contributed by atoms with van der Waals surface area (Å²) in [7, 11) is 0. The van der Waals surface area contributed by atoms with E-state index >= 15 is 0 Å². The van der Waals surface area contributed by atoms with E-state index in [2.05, 4.69) is 0 Å². The summed E-state index contributed by atoms with van der Waals surface area (Å²) in [6.07, 6.45) is 3.72.